The van der Waals surface area contributed by atoms with Crippen molar-refractivity contribution in [1.29, 1.82) is 0 Å². The lowest BCUT2D eigenvalue weighted by molar-refractivity contribution is 0.309. The molecule has 1 saturated carbocycles. The summed E-state index contributed by atoms with van der Waals surface area (Å²) < 4.78 is 0. The van der Waals surface area contributed by atoms with E-state index in [1.165, 1.54) is 44.1 Å². The smallest absolute Gasteiger partial charge is 0.119 e. The molecule has 2 aliphatic carbocycles. The van der Waals surface area contributed by atoms with Gasteiger partial charge < -0.3 is 10.4 Å². The van der Waals surface area contributed by atoms with Crippen molar-refractivity contribution < 1.29 is 5.11 Å². The normalized spacial score (nSPS) is 25.1. The van der Waals surface area contributed by atoms with E-state index in [-0.39, 0.29) is 0 Å². The van der Waals surface area contributed by atoms with Crippen LogP contribution in [0.25, 0.3) is 0 Å². The van der Waals surface area contributed by atoms with Crippen molar-refractivity contribution in [3.63, 3.8) is 0 Å². The third-order valence-electron chi connectivity index (χ3n) is 5.32. The first-order chi connectivity index (χ1) is 9.75. The van der Waals surface area contributed by atoms with Crippen LogP contribution in [0.2, 0.25) is 0 Å². The zero-order chi connectivity index (χ0) is 13.9. The van der Waals surface area contributed by atoms with E-state index in [1.54, 1.807) is 0 Å². The molecule has 20 heavy (non-hydrogen) atoms. The average Bonchev–Trinajstić information content (AvgIpc) is 2.69. The molecule has 0 bridgehead atoms. The van der Waals surface area contributed by atoms with Crippen LogP contribution in [0.4, 0.5) is 0 Å². The monoisotopic (exact) mass is 273 g/mol. The standard InChI is InChI=1S/C18H27NO/c1-13(14-7-4-2-3-5-8-14)19-17-12-11-16-15(17)9-6-10-18(16)20/h6,9-10,13-14,17,19-20H,2-5,7-8,11-12H2,1H3/t13-,17?/m0/s1. The first-order valence-electron chi connectivity index (χ1n) is 8.32. The molecule has 110 valence electrons. The van der Waals surface area contributed by atoms with Gasteiger partial charge in [0.05, 0.1) is 0 Å². The number of hydrogen-bond donors (Lipinski definition) is 2. The molecule has 0 amide bonds. The minimum absolute atomic E-state index is 0.440. The van der Waals surface area contributed by atoms with Crippen LogP contribution >= 0.6 is 0 Å². The van der Waals surface area contributed by atoms with Gasteiger partial charge in [-0.1, -0.05) is 37.8 Å². The third kappa shape index (κ3) is 2.85. The second-order valence-electron chi connectivity index (χ2n) is 6.64. The van der Waals surface area contributed by atoms with Gasteiger partial charge in [-0.05, 0) is 55.7 Å². The Balaban J connectivity index is 1.66. The topological polar surface area (TPSA) is 32.3 Å². The molecule has 0 saturated heterocycles. The largest absolute Gasteiger partial charge is 0.508 e. The fourth-order valence-corrected chi connectivity index (χ4v) is 4.07. The van der Waals surface area contributed by atoms with E-state index in [2.05, 4.69) is 18.3 Å². The van der Waals surface area contributed by atoms with E-state index in [4.69, 9.17) is 0 Å². The quantitative estimate of drug-likeness (QED) is 0.803. The molecule has 1 aromatic rings. The van der Waals surface area contributed by atoms with Crippen LogP contribution in [0.5, 0.6) is 5.75 Å². The van der Waals surface area contributed by atoms with Gasteiger partial charge >= 0.3 is 0 Å². The van der Waals surface area contributed by atoms with Gasteiger partial charge in [-0.3, -0.25) is 0 Å². The summed E-state index contributed by atoms with van der Waals surface area (Å²) in [5, 5.41) is 13.8. The van der Waals surface area contributed by atoms with Gasteiger partial charge in [0.15, 0.2) is 0 Å². The predicted octanol–water partition coefficient (Wildman–Crippen LogP) is 4.33. The first kappa shape index (κ1) is 13.9. The van der Waals surface area contributed by atoms with Crippen molar-refractivity contribution in [3.05, 3.63) is 29.3 Å². The molecule has 0 aromatic heterocycles. The molecule has 2 heteroatoms. The van der Waals surface area contributed by atoms with E-state index < -0.39 is 0 Å². The minimum Gasteiger partial charge on any atom is -0.508 e. The predicted molar refractivity (Wildman–Crippen MR) is 83.0 cm³/mol. The molecule has 1 fully saturated rings. The number of rotatable bonds is 3. The van der Waals surface area contributed by atoms with Crippen molar-refractivity contribution >= 4 is 0 Å². The van der Waals surface area contributed by atoms with Gasteiger partial charge in [0.1, 0.15) is 5.75 Å². The van der Waals surface area contributed by atoms with Crippen molar-refractivity contribution in [1.82, 2.24) is 5.32 Å². The van der Waals surface area contributed by atoms with Crippen LogP contribution in [0.3, 0.4) is 0 Å². The van der Waals surface area contributed by atoms with Crippen molar-refractivity contribution in [2.45, 2.75) is 70.4 Å². The Morgan fingerprint density at radius 2 is 1.85 bits per heavy atom. The Bertz CT molecular complexity index is 449. The Kier molecular flexibility index (Phi) is 4.30. The summed E-state index contributed by atoms with van der Waals surface area (Å²) in [6.07, 6.45) is 10.5. The van der Waals surface area contributed by atoms with Gasteiger partial charge in [0.25, 0.3) is 0 Å². The van der Waals surface area contributed by atoms with Gasteiger partial charge in [-0.15, -0.1) is 0 Å². The van der Waals surface area contributed by atoms with E-state index in [1.807, 2.05) is 12.1 Å². The molecular formula is C18H27NO. The van der Waals surface area contributed by atoms with Gasteiger partial charge in [-0.25, -0.2) is 0 Å². The van der Waals surface area contributed by atoms with E-state index in [0.717, 1.165) is 24.3 Å². The lowest BCUT2D eigenvalue weighted by Gasteiger charge is -2.27. The zero-order valence-corrected chi connectivity index (χ0v) is 12.6. The van der Waals surface area contributed by atoms with Gasteiger partial charge in [-0.2, -0.15) is 0 Å². The molecule has 0 heterocycles. The number of nitrogens with one attached hydrogen (secondary N) is 1. The Morgan fingerprint density at radius 3 is 2.60 bits per heavy atom. The number of aromatic hydroxyl groups is 1. The number of phenolic OH excluding ortho intramolecular Hbond substituents is 1. The highest BCUT2D eigenvalue weighted by Gasteiger charge is 2.28. The van der Waals surface area contributed by atoms with Crippen LogP contribution in [-0.4, -0.2) is 11.1 Å². The molecule has 2 aliphatic rings. The maximum atomic E-state index is 9.94. The Morgan fingerprint density at radius 1 is 1.10 bits per heavy atom. The summed E-state index contributed by atoms with van der Waals surface area (Å²) in [5.74, 6) is 1.31. The van der Waals surface area contributed by atoms with Crippen LogP contribution < -0.4 is 5.32 Å². The fraction of sp³-hybridized carbons (Fsp3) is 0.667. The van der Waals surface area contributed by atoms with Crippen LogP contribution in [0, 0.1) is 5.92 Å². The number of hydrogen-bond acceptors (Lipinski definition) is 2. The summed E-state index contributed by atoms with van der Waals surface area (Å²) in [4.78, 5) is 0. The molecule has 3 rings (SSSR count). The summed E-state index contributed by atoms with van der Waals surface area (Å²) in [5.41, 5.74) is 2.49. The summed E-state index contributed by atoms with van der Waals surface area (Å²) in [7, 11) is 0. The maximum absolute atomic E-state index is 9.94. The third-order valence-corrected chi connectivity index (χ3v) is 5.32. The molecule has 1 aromatic carbocycles. The van der Waals surface area contributed by atoms with Crippen molar-refractivity contribution in [2.75, 3.05) is 0 Å². The molecule has 0 radical (unpaired) electrons. The Labute approximate surface area is 122 Å². The van der Waals surface area contributed by atoms with E-state index in [0.29, 0.717) is 17.8 Å². The molecule has 1 unspecified atom stereocenters. The van der Waals surface area contributed by atoms with Crippen LogP contribution in [-0.2, 0) is 6.42 Å². The number of benzene rings is 1. The zero-order valence-electron chi connectivity index (χ0n) is 12.6. The van der Waals surface area contributed by atoms with E-state index in [9.17, 15) is 5.11 Å². The van der Waals surface area contributed by atoms with Crippen molar-refractivity contribution in [2.24, 2.45) is 5.92 Å². The molecular weight excluding hydrogens is 246 g/mol. The van der Waals surface area contributed by atoms with Crippen LogP contribution in [0.1, 0.15) is 69.0 Å². The molecule has 2 nitrogen and oxygen atoms in total. The lowest BCUT2D eigenvalue weighted by Crippen LogP contribution is -2.35. The number of fused-ring (bicyclic) bond motifs is 1. The van der Waals surface area contributed by atoms with Crippen LogP contribution in [0.15, 0.2) is 18.2 Å². The molecule has 0 aliphatic heterocycles. The van der Waals surface area contributed by atoms with Gasteiger partial charge in [0.2, 0.25) is 0 Å². The highest BCUT2D eigenvalue weighted by Crippen LogP contribution is 2.37. The molecule has 0 spiro atoms. The number of phenols is 1. The Hall–Kier alpha value is -1.02. The highest BCUT2D eigenvalue weighted by molar-refractivity contribution is 5.44. The second kappa shape index (κ2) is 6.17. The second-order valence-corrected chi connectivity index (χ2v) is 6.64. The summed E-state index contributed by atoms with van der Waals surface area (Å²) in [6.45, 7) is 2.36. The summed E-state index contributed by atoms with van der Waals surface area (Å²) in [6, 6.07) is 7.00. The minimum atomic E-state index is 0.440. The van der Waals surface area contributed by atoms with Crippen molar-refractivity contribution in [3.8, 4) is 5.75 Å². The lowest BCUT2D eigenvalue weighted by atomic mass is 9.92. The maximum Gasteiger partial charge on any atom is 0.119 e. The first-order valence-corrected chi connectivity index (χ1v) is 8.32. The molecule has 2 atom stereocenters. The van der Waals surface area contributed by atoms with Gasteiger partial charge in [0, 0.05) is 12.1 Å². The highest BCUT2D eigenvalue weighted by atomic mass is 16.3. The molecule has 2 N–H and O–H groups in total. The average molecular weight is 273 g/mol. The summed E-state index contributed by atoms with van der Waals surface area (Å²) >= 11 is 0. The SMILES string of the molecule is C[C@H](NC1CCc2c(O)cccc21)C1CCCCCC1. The fourth-order valence-electron chi connectivity index (χ4n) is 4.07. The van der Waals surface area contributed by atoms with E-state index >= 15 is 0 Å².